The van der Waals surface area contributed by atoms with Crippen LogP contribution in [0, 0.1) is 0 Å². The highest BCUT2D eigenvalue weighted by Gasteiger charge is 2.21. The highest BCUT2D eigenvalue weighted by molar-refractivity contribution is 7.89. The Hall–Kier alpha value is -2.68. The van der Waals surface area contributed by atoms with Crippen molar-refractivity contribution in [1.82, 2.24) is 10.0 Å². The summed E-state index contributed by atoms with van der Waals surface area (Å²) in [7, 11) is -3.80. The van der Waals surface area contributed by atoms with Gasteiger partial charge in [0.25, 0.3) is 11.8 Å². The van der Waals surface area contributed by atoms with Crippen LogP contribution in [0.4, 0.5) is 5.69 Å². The topological polar surface area (TPSA) is 104 Å². The average Bonchev–Trinajstić information content (AvgIpc) is 2.65. The lowest BCUT2D eigenvalue weighted by atomic mass is 10.1. The summed E-state index contributed by atoms with van der Waals surface area (Å²) in [6.07, 6.45) is 1.54. The van der Waals surface area contributed by atoms with Gasteiger partial charge in [-0.25, -0.2) is 13.1 Å². The van der Waals surface area contributed by atoms with Crippen molar-refractivity contribution >= 4 is 39.1 Å². The average molecular weight is 436 g/mol. The molecule has 0 unspecified atom stereocenters. The standard InChI is InChI=1S/C20H22ClN3O4S/c1-4-11-22-19(25)15-7-5-6-8-18(15)23-20(26)16-12-14(9-10-17(16)21)29(27,28)24-13(2)3/h4-10,12-13,24H,1,11H2,2-3H3,(H,22,25)(H,23,26). The Labute approximate surface area is 175 Å². The van der Waals surface area contributed by atoms with Gasteiger partial charge in [0, 0.05) is 12.6 Å². The molecule has 3 N–H and O–H groups in total. The molecular formula is C20H22ClN3O4S. The van der Waals surface area contributed by atoms with E-state index >= 15 is 0 Å². The molecule has 0 aliphatic carbocycles. The fourth-order valence-corrected chi connectivity index (χ4v) is 3.94. The molecule has 0 saturated carbocycles. The van der Waals surface area contributed by atoms with Gasteiger partial charge in [-0.3, -0.25) is 9.59 Å². The van der Waals surface area contributed by atoms with Gasteiger partial charge in [0.1, 0.15) is 0 Å². The number of amides is 2. The first-order chi connectivity index (χ1) is 13.7. The first-order valence-electron chi connectivity index (χ1n) is 8.77. The lowest BCUT2D eigenvalue weighted by Crippen LogP contribution is -2.30. The van der Waals surface area contributed by atoms with Crippen LogP contribution in [-0.4, -0.2) is 32.8 Å². The van der Waals surface area contributed by atoms with Crippen LogP contribution in [0.1, 0.15) is 34.6 Å². The monoisotopic (exact) mass is 435 g/mol. The third-order valence-electron chi connectivity index (χ3n) is 3.71. The minimum atomic E-state index is -3.80. The van der Waals surface area contributed by atoms with E-state index in [9.17, 15) is 18.0 Å². The molecule has 0 bridgehead atoms. The van der Waals surface area contributed by atoms with Gasteiger partial charge in [0.05, 0.1) is 26.7 Å². The van der Waals surface area contributed by atoms with Gasteiger partial charge in [-0.2, -0.15) is 0 Å². The third kappa shape index (κ3) is 5.90. The zero-order chi connectivity index (χ0) is 21.6. The lowest BCUT2D eigenvalue weighted by molar-refractivity contribution is 0.0959. The normalized spacial score (nSPS) is 11.2. The molecule has 154 valence electrons. The number of para-hydroxylation sites is 1. The number of sulfonamides is 1. The van der Waals surface area contributed by atoms with Crippen LogP contribution in [0.25, 0.3) is 0 Å². The number of benzene rings is 2. The molecule has 9 heteroatoms. The van der Waals surface area contributed by atoms with Crippen LogP contribution in [0.15, 0.2) is 60.0 Å². The number of hydrogen-bond acceptors (Lipinski definition) is 4. The third-order valence-corrected chi connectivity index (χ3v) is 5.70. The molecule has 0 fully saturated rings. The van der Waals surface area contributed by atoms with E-state index in [1.54, 1.807) is 38.1 Å². The van der Waals surface area contributed by atoms with Gasteiger partial charge in [0.15, 0.2) is 0 Å². The number of nitrogens with one attached hydrogen (secondary N) is 3. The molecule has 29 heavy (non-hydrogen) atoms. The molecule has 0 aliphatic heterocycles. The van der Waals surface area contributed by atoms with Crippen molar-refractivity contribution < 1.29 is 18.0 Å². The Balaban J connectivity index is 2.34. The minimum Gasteiger partial charge on any atom is -0.349 e. The van der Waals surface area contributed by atoms with Crippen molar-refractivity contribution in [1.29, 1.82) is 0 Å². The summed E-state index contributed by atoms with van der Waals surface area (Å²) >= 11 is 6.12. The number of carbonyl (C=O) groups excluding carboxylic acids is 2. The van der Waals surface area contributed by atoms with Crippen LogP contribution in [0.5, 0.6) is 0 Å². The molecular weight excluding hydrogens is 414 g/mol. The van der Waals surface area contributed by atoms with Gasteiger partial charge in [-0.15, -0.1) is 6.58 Å². The summed E-state index contributed by atoms with van der Waals surface area (Å²) in [6, 6.07) is 10.00. The highest BCUT2D eigenvalue weighted by Crippen LogP contribution is 2.23. The number of carbonyl (C=O) groups is 2. The van der Waals surface area contributed by atoms with Crippen molar-refractivity contribution in [2.45, 2.75) is 24.8 Å². The minimum absolute atomic E-state index is 0.0281. The van der Waals surface area contributed by atoms with E-state index in [-0.39, 0.29) is 45.2 Å². The first kappa shape index (κ1) is 22.6. The Bertz CT molecular complexity index is 1040. The summed E-state index contributed by atoms with van der Waals surface area (Å²) in [4.78, 5) is 25.0. The number of anilines is 1. The molecule has 0 aliphatic rings. The van der Waals surface area contributed by atoms with Gasteiger partial charge in [-0.1, -0.05) is 29.8 Å². The molecule has 7 nitrogen and oxygen atoms in total. The maximum absolute atomic E-state index is 12.8. The molecule has 0 spiro atoms. The summed E-state index contributed by atoms with van der Waals surface area (Å²) in [5.41, 5.74) is 0.493. The van der Waals surface area contributed by atoms with Gasteiger partial charge < -0.3 is 10.6 Å². The van der Waals surface area contributed by atoms with Crippen molar-refractivity contribution in [3.8, 4) is 0 Å². The molecule has 0 saturated heterocycles. The number of hydrogen-bond donors (Lipinski definition) is 3. The van der Waals surface area contributed by atoms with Gasteiger partial charge >= 0.3 is 0 Å². The van der Waals surface area contributed by atoms with Crippen LogP contribution < -0.4 is 15.4 Å². The van der Waals surface area contributed by atoms with Crippen LogP contribution >= 0.6 is 11.6 Å². The van der Waals surface area contributed by atoms with Crippen molar-refractivity contribution in [2.24, 2.45) is 0 Å². The summed E-state index contributed by atoms with van der Waals surface area (Å²) in [6.45, 7) is 7.19. The number of halogens is 1. The van der Waals surface area contributed by atoms with E-state index in [0.717, 1.165) is 0 Å². The largest absolute Gasteiger partial charge is 0.349 e. The van der Waals surface area contributed by atoms with E-state index in [1.807, 2.05) is 0 Å². The molecule has 0 heterocycles. The van der Waals surface area contributed by atoms with E-state index in [0.29, 0.717) is 0 Å². The van der Waals surface area contributed by atoms with Crippen LogP contribution in [0.2, 0.25) is 5.02 Å². The predicted molar refractivity (Wildman–Crippen MR) is 114 cm³/mol. The second-order valence-corrected chi connectivity index (χ2v) is 8.54. The Kier molecular flexibility index (Phi) is 7.55. The first-order valence-corrected chi connectivity index (χ1v) is 10.6. The fourth-order valence-electron chi connectivity index (χ4n) is 2.46. The Morgan fingerprint density at radius 1 is 1.10 bits per heavy atom. The maximum Gasteiger partial charge on any atom is 0.257 e. The van der Waals surface area contributed by atoms with E-state index in [4.69, 9.17) is 11.6 Å². The van der Waals surface area contributed by atoms with Gasteiger partial charge in [-0.05, 0) is 44.2 Å². The zero-order valence-corrected chi connectivity index (χ0v) is 17.6. The Morgan fingerprint density at radius 2 is 1.79 bits per heavy atom. The predicted octanol–water partition coefficient (Wildman–Crippen LogP) is 3.19. The van der Waals surface area contributed by atoms with Gasteiger partial charge in [0.2, 0.25) is 10.0 Å². The molecule has 2 rings (SSSR count). The molecule has 2 amide bonds. The van der Waals surface area contributed by atoms with Crippen molar-refractivity contribution in [3.63, 3.8) is 0 Å². The Morgan fingerprint density at radius 3 is 2.45 bits per heavy atom. The van der Waals surface area contributed by atoms with Crippen molar-refractivity contribution in [2.75, 3.05) is 11.9 Å². The smallest absolute Gasteiger partial charge is 0.257 e. The summed E-state index contributed by atoms with van der Waals surface area (Å²) in [5, 5.41) is 5.34. The molecule has 2 aromatic rings. The summed E-state index contributed by atoms with van der Waals surface area (Å²) in [5.74, 6) is -1.02. The van der Waals surface area contributed by atoms with E-state index in [1.165, 1.54) is 24.3 Å². The number of rotatable bonds is 8. The quantitative estimate of drug-likeness (QED) is 0.554. The zero-order valence-electron chi connectivity index (χ0n) is 16.0. The highest BCUT2D eigenvalue weighted by atomic mass is 35.5. The summed E-state index contributed by atoms with van der Waals surface area (Å²) < 4.78 is 27.2. The maximum atomic E-state index is 12.8. The molecule has 0 radical (unpaired) electrons. The second-order valence-electron chi connectivity index (χ2n) is 6.42. The molecule has 2 aromatic carbocycles. The second kappa shape index (κ2) is 9.69. The van der Waals surface area contributed by atoms with Crippen molar-refractivity contribution in [3.05, 3.63) is 71.3 Å². The van der Waals surface area contributed by atoms with Crippen LogP contribution in [0.3, 0.4) is 0 Å². The fraction of sp³-hybridized carbons (Fsp3) is 0.200. The SMILES string of the molecule is C=CCNC(=O)c1ccccc1NC(=O)c1cc(S(=O)(=O)NC(C)C)ccc1Cl. The lowest BCUT2D eigenvalue weighted by Gasteiger charge is -2.13. The molecule has 0 atom stereocenters. The van der Waals surface area contributed by atoms with E-state index in [2.05, 4.69) is 21.9 Å². The van der Waals surface area contributed by atoms with E-state index < -0.39 is 15.9 Å². The van der Waals surface area contributed by atoms with Crippen LogP contribution in [-0.2, 0) is 10.0 Å². The molecule has 0 aromatic heterocycles.